The number of rotatable bonds is 4. The molecular formula is C20H26N4O2. The van der Waals surface area contributed by atoms with Gasteiger partial charge in [-0.1, -0.05) is 36.4 Å². The molecule has 2 amide bonds. The molecule has 0 radical (unpaired) electrons. The average molecular weight is 354 g/mol. The topological polar surface area (TPSA) is 68.7 Å². The zero-order chi connectivity index (χ0) is 18.5. The molecule has 1 aliphatic heterocycles. The first-order valence-electron chi connectivity index (χ1n) is 8.98. The van der Waals surface area contributed by atoms with Gasteiger partial charge in [0.25, 0.3) is 0 Å². The number of pyridine rings is 1. The Hall–Kier alpha value is -2.60. The van der Waals surface area contributed by atoms with Crippen molar-refractivity contribution in [1.29, 1.82) is 0 Å². The minimum atomic E-state index is -0.472. The van der Waals surface area contributed by atoms with Crippen LogP contribution in [-0.4, -0.2) is 48.2 Å². The van der Waals surface area contributed by atoms with Crippen molar-refractivity contribution in [3.63, 3.8) is 0 Å². The van der Waals surface area contributed by atoms with Crippen LogP contribution in [0.5, 0.6) is 0 Å². The van der Waals surface area contributed by atoms with E-state index in [2.05, 4.69) is 10.3 Å². The van der Waals surface area contributed by atoms with Crippen LogP contribution in [0, 0.1) is 5.92 Å². The molecule has 138 valence electrons. The third kappa shape index (κ3) is 4.32. The van der Waals surface area contributed by atoms with E-state index < -0.39 is 6.10 Å². The quantitative estimate of drug-likeness (QED) is 0.885. The molecule has 2 aromatic rings. The summed E-state index contributed by atoms with van der Waals surface area (Å²) < 4.78 is 0. The average Bonchev–Trinajstić information content (AvgIpc) is 2.68. The maximum Gasteiger partial charge on any atom is 0.323 e. The van der Waals surface area contributed by atoms with E-state index in [0.717, 1.165) is 24.2 Å². The minimum Gasteiger partial charge on any atom is -0.388 e. The first kappa shape index (κ1) is 18.2. The van der Waals surface area contributed by atoms with Gasteiger partial charge in [-0.25, -0.2) is 9.78 Å². The fraction of sp³-hybridized carbons (Fsp3) is 0.400. The molecule has 1 saturated heterocycles. The lowest BCUT2D eigenvalue weighted by molar-refractivity contribution is 0.0683. The van der Waals surface area contributed by atoms with Crippen molar-refractivity contribution in [3.8, 4) is 0 Å². The second-order valence-electron chi connectivity index (χ2n) is 6.89. The molecule has 2 heterocycles. The minimum absolute atomic E-state index is 0.138. The zero-order valence-corrected chi connectivity index (χ0v) is 15.3. The molecule has 1 aromatic carbocycles. The van der Waals surface area contributed by atoms with Crippen LogP contribution in [0.25, 0.3) is 0 Å². The first-order valence-corrected chi connectivity index (χ1v) is 8.98. The van der Waals surface area contributed by atoms with E-state index in [-0.39, 0.29) is 11.9 Å². The summed E-state index contributed by atoms with van der Waals surface area (Å²) in [4.78, 5) is 20.6. The van der Waals surface area contributed by atoms with Gasteiger partial charge in [-0.2, -0.15) is 0 Å². The summed E-state index contributed by atoms with van der Waals surface area (Å²) in [5.41, 5.74) is 0.945. The molecule has 6 nitrogen and oxygen atoms in total. The molecule has 1 atom stereocenters. The van der Waals surface area contributed by atoms with Crippen molar-refractivity contribution in [2.45, 2.75) is 18.9 Å². The maximum atomic E-state index is 12.5. The number of carbonyl (C=O) groups is 1. The number of hydrogen-bond acceptors (Lipinski definition) is 4. The summed E-state index contributed by atoms with van der Waals surface area (Å²) in [5.74, 6) is 1.52. The van der Waals surface area contributed by atoms with Gasteiger partial charge in [-0.15, -0.1) is 0 Å². The van der Waals surface area contributed by atoms with E-state index >= 15 is 0 Å². The largest absolute Gasteiger partial charge is 0.388 e. The van der Waals surface area contributed by atoms with Crippen molar-refractivity contribution in [2.24, 2.45) is 5.92 Å². The van der Waals surface area contributed by atoms with Gasteiger partial charge in [0.05, 0.1) is 6.10 Å². The molecule has 1 fully saturated rings. The molecule has 26 heavy (non-hydrogen) atoms. The number of benzene rings is 1. The van der Waals surface area contributed by atoms with Crippen LogP contribution in [0.15, 0.2) is 48.5 Å². The predicted molar refractivity (Wildman–Crippen MR) is 103 cm³/mol. The molecule has 6 heteroatoms. The highest BCUT2D eigenvalue weighted by Gasteiger charge is 2.28. The molecule has 3 rings (SSSR count). The van der Waals surface area contributed by atoms with Crippen LogP contribution in [-0.2, 0) is 0 Å². The molecule has 0 saturated carbocycles. The molecule has 0 bridgehead atoms. The lowest BCUT2D eigenvalue weighted by Crippen LogP contribution is -2.42. The summed E-state index contributed by atoms with van der Waals surface area (Å²) in [6.45, 7) is 1.27. The molecule has 0 unspecified atom stereocenters. The molecule has 0 aliphatic carbocycles. The Morgan fingerprint density at radius 3 is 2.50 bits per heavy atom. The zero-order valence-electron chi connectivity index (χ0n) is 15.3. The van der Waals surface area contributed by atoms with Crippen molar-refractivity contribution >= 4 is 17.7 Å². The highest BCUT2D eigenvalue weighted by molar-refractivity contribution is 5.88. The summed E-state index contributed by atoms with van der Waals surface area (Å²) in [7, 11) is 3.83. The van der Waals surface area contributed by atoms with Gasteiger partial charge in [0.15, 0.2) is 0 Å². The van der Waals surface area contributed by atoms with E-state index in [9.17, 15) is 9.90 Å². The first-order chi connectivity index (χ1) is 12.5. The van der Waals surface area contributed by atoms with E-state index in [4.69, 9.17) is 0 Å². The van der Waals surface area contributed by atoms with Crippen molar-refractivity contribution in [3.05, 3.63) is 54.1 Å². The Morgan fingerprint density at radius 1 is 1.15 bits per heavy atom. The number of aromatic nitrogens is 1. The van der Waals surface area contributed by atoms with Crippen LogP contribution in [0.2, 0.25) is 0 Å². The third-order valence-electron chi connectivity index (χ3n) is 4.84. The number of nitrogens with zero attached hydrogens (tertiary/aromatic N) is 3. The third-order valence-corrected chi connectivity index (χ3v) is 4.84. The summed E-state index contributed by atoms with van der Waals surface area (Å²) in [5, 5.41) is 13.4. The fourth-order valence-corrected chi connectivity index (χ4v) is 3.27. The van der Waals surface area contributed by atoms with E-state index in [0.29, 0.717) is 18.9 Å². The van der Waals surface area contributed by atoms with Crippen LogP contribution in [0.1, 0.15) is 24.5 Å². The number of nitrogens with one attached hydrogen (secondary N) is 1. The summed E-state index contributed by atoms with van der Waals surface area (Å²) in [6, 6.07) is 15.2. The molecule has 0 spiro atoms. The van der Waals surface area contributed by atoms with Crippen LogP contribution in [0.3, 0.4) is 0 Å². The van der Waals surface area contributed by atoms with E-state index in [1.54, 1.807) is 11.0 Å². The Labute approximate surface area is 154 Å². The summed E-state index contributed by atoms with van der Waals surface area (Å²) in [6.07, 6.45) is 1.10. The Balaban J connectivity index is 1.54. The molecule has 2 N–H and O–H groups in total. The molecule has 1 aliphatic rings. The van der Waals surface area contributed by atoms with Crippen molar-refractivity contribution < 1.29 is 9.90 Å². The van der Waals surface area contributed by atoms with Gasteiger partial charge in [0.2, 0.25) is 0 Å². The predicted octanol–water partition coefficient (Wildman–Crippen LogP) is 3.13. The van der Waals surface area contributed by atoms with E-state index in [1.165, 1.54) is 0 Å². The van der Waals surface area contributed by atoms with Gasteiger partial charge in [0, 0.05) is 27.2 Å². The van der Waals surface area contributed by atoms with Crippen molar-refractivity contribution in [2.75, 3.05) is 37.4 Å². The number of aliphatic hydroxyl groups is 1. The number of urea groups is 1. The monoisotopic (exact) mass is 354 g/mol. The summed E-state index contributed by atoms with van der Waals surface area (Å²) >= 11 is 0. The number of amides is 2. The smallest absolute Gasteiger partial charge is 0.323 e. The molecular weight excluding hydrogens is 328 g/mol. The van der Waals surface area contributed by atoms with Gasteiger partial charge < -0.3 is 14.9 Å². The van der Waals surface area contributed by atoms with E-state index in [1.807, 2.05) is 61.5 Å². The van der Waals surface area contributed by atoms with Crippen molar-refractivity contribution in [1.82, 2.24) is 9.88 Å². The Bertz CT molecular complexity index is 728. The number of piperidine rings is 1. The highest BCUT2D eigenvalue weighted by atomic mass is 16.3. The van der Waals surface area contributed by atoms with Crippen LogP contribution < -0.4 is 10.2 Å². The number of anilines is 2. The number of likely N-dealkylation sites (tertiary alicyclic amines) is 1. The van der Waals surface area contributed by atoms with Gasteiger partial charge >= 0.3 is 6.03 Å². The standard InChI is InChI=1S/C20H26N4O2/c1-23(2)18-10-6-9-17(21-18)22-20(26)24-13-11-16(12-14-24)19(25)15-7-4-3-5-8-15/h3-10,16,19,25H,11-14H2,1-2H3,(H,21,22,26)/t19-/m0/s1. The lowest BCUT2D eigenvalue weighted by atomic mass is 9.87. The Kier molecular flexibility index (Phi) is 5.73. The van der Waals surface area contributed by atoms with Crippen LogP contribution >= 0.6 is 0 Å². The maximum absolute atomic E-state index is 12.5. The number of carbonyl (C=O) groups excluding carboxylic acids is 1. The highest BCUT2D eigenvalue weighted by Crippen LogP contribution is 2.30. The SMILES string of the molecule is CN(C)c1cccc(NC(=O)N2CCC([C@@H](O)c3ccccc3)CC2)n1. The normalized spacial score (nSPS) is 16.2. The fourth-order valence-electron chi connectivity index (χ4n) is 3.27. The lowest BCUT2D eigenvalue weighted by Gasteiger charge is -2.34. The number of aliphatic hydroxyl groups excluding tert-OH is 1. The van der Waals surface area contributed by atoms with Crippen LogP contribution in [0.4, 0.5) is 16.4 Å². The molecule has 1 aromatic heterocycles. The second kappa shape index (κ2) is 8.19. The van der Waals surface area contributed by atoms with Gasteiger partial charge in [0.1, 0.15) is 11.6 Å². The number of hydrogen-bond donors (Lipinski definition) is 2. The Morgan fingerprint density at radius 2 is 1.85 bits per heavy atom. The van der Waals surface area contributed by atoms with Gasteiger partial charge in [-0.05, 0) is 36.5 Å². The second-order valence-corrected chi connectivity index (χ2v) is 6.89. The van der Waals surface area contributed by atoms with Gasteiger partial charge in [-0.3, -0.25) is 5.32 Å².